The number of carbonyl (C=O) groups is 1. The second-order valence-corrected chi connectivity index (χ2v) is 5.85. The molecular formula is C12H14FNO4S. The van der Waals surface area contributed by atoms with Gasteiger partial charge in [0.15, 0.2) is 0 Å². The summed E-state index contributed by atoms with van der Waals surface area (Å²) in [7, 11) is -3.85. The number of benzene rings is 1. The smallest absolute Gasteiger partial charge is 0.338 e. The van der Waals surface area contributed by atoms with Crippen LogP contribution in [-0.4, -0.2) is 26.0 Å². The number of aromatic carboxylic acids is 1. The summed E-state index contributed by atoms with van der Waals surface area (Å²) in [6.45, 7) is 3.72. The summed E-state index contributed by atoms with van der Waals surface area (Å²) in [5.41, 5.74) is 0.262. The Morgan fingerprint density at radius 3 is 2.58 bits per heavy atom. The average molecular weight is 287 g/mol. The first-order chi connectivity index (χ1) is 8.74. The molecule has 0 bridgehead atoms. The van der Waals surface area contributed by atoms with Gasteiger partial charge in [-0.3, -0.25) is 0 Å². The molecule has 0 unspecified atom stereocenters. The highest BCUT2D eigenvalue weighted by atomic mass is 32.2. The molecule has 7 heteroatoms. The van der Waals surface area contributed by atoms with E-state index in [9.17, 15) is 17.6 Å². The van der Waals surface area contributed by atoms with Crippen LogP contribution in [0.25, 0.3) is 0 Å². The topological polar surface area (TPSA) is 83.5 Å². The van der Waals surface area contributed by atoms with Gasteiger partial charge in [0, 0.05) is 6.54 Å². The predicted octanol–water partition coefficient (Wildman–Crippen LogP) is 1.77. The normalized spacial score (nSPS) is 11.1. The quantitative estimate of drug-likeness (QED) is 0.808. The maximum atomic E-state index is 13.2. The molecule has 0 saturated carbocycles. The highest BCUT2D eigenvalue weighted by molar-refractivity contribution is 7.89. The fourth-order valence-electron chi connectivity index (χ4n) is 1.27. The molecule has 5 nitrogen and oxygen atoms in total. The minimum atomic E-state index is -3.85. The van der Waals surface area contributed by atoms with Gasteiger partial charge < -0.3 is 5.11 Å². The Morgan fingerprint density at radius 1 is 1.42 bits per heavy atom. The van der Waals surface area contributed by atoms with Gasteiger partial charge in [0.1, 0.15) is 5.82 Å². The summed E-state index contributed by atoms with van der Waals surface area (Å²) >= 11 is 0. The third-order valence-electron chi connectivity index (χ3n) is 2.26. The minimum Gasteiger partial charge on any atom is -0.478 e. The van der Waals surface area contributed by atoms with Crippen molar-refractivity contribution in [2.24, 2.45) is 0 Å². The summed E-state index contributed by atoms with van der Waals surface area (Å²) in [6, 6.07) is 2.63. The molecule has 0 radical (unpaired) electrons. The zero-order chi connectivity index (χ0) is 14.6. The number of halogens is 1. The number of carboxylic acids is 1. The number of sulfonamides is 1. The van der Waals surface area contributed by atoms with Gasteiger partial charge in [-0.15, -0.1) is 0 Å². The van der Waals surface area contributed by atoms with Crippen LogP contribution in [0.3, 0.4) is 0 Å². The van der Waals surface area contributed by atoms with Crippen LogP contribution < -0.4 is 4.72 Å². The van der Waals surface area contributed by atoms with Crippen LogP contribution in [0.15, 0.2) is 34.7 Å². The van der Waals surface area contributed by atoms with Crippen LogP contribution in [-0.2, 0) is 10.0 Å². The van der Waals surface area contributed by atoms with Crippen LogP contribution >= 0.6 is 0 Å². The van der Waals surface area contributed by atoms with Crippen molar-refractivity contribution in [3.05, 3.63) is 41.2 Å². The Kier molecular flexibility index (Phi) is 4.79. The van der Waals surface area contributed by atoms with Gasteiger partial charge in [-0.25, -0.2) is 22.3 Å². The Hall–Kier alpha value is -1.73. The summed E-state index contributed by atoms with van der Waals surface area (Å²) in [5, 5.41) is 8.74. The van der Waals surface area contributed by atoms with Gasteiger partial charge in [-0.05, 0) is 32.0 Å². The van der Waals surface area contributed by atoms with Crippen LogP contribution in [0.4, 0.5) is 4.39 Å². The molecule has 1 aromatic rings. The summed E-state index contributed by atoms with van der Waals surface area (Å²) in [4.78, 5) is 10.5. The predicted molar refractivity (Wildman–Crippen MR) is 68.0 cm³/mol. The summed E-state index contributed by atoms with van der Waals surface area (Å²) in [6.07, 6.45) is 1.67. The largest absolute Gasteiger partial charge is 0.478 e. The highest BCUT2D eigenvalue weighted by Crippen LogP contribution is 2.15. The van der Waals surface area contributed by atoms with Crippen LogP contribution in [0, 0.1) is 5.82 Å². The van der Waals surface area contributed by atoms with Gasteiger partial charge in [0.25, 0.3) is 0 Å². The van der Waals surface area contributed by atoms with Gasteiger partial charge in [0.05, 0.1) is 10.5 Å². The molecule has 0 atom stereocenters. The van der Waals surface area contributed by atoms with Crippen molar-refractivity contribution in [1.29, 1.82) is 0 Å². The molecule has 0 saturated heterocycles. The lowest BCUT2D eigenvalue weighted by Crippen LogP contribution is -2.24. The zero-order valence-corrected chi connectivity index (χ0v) is 11.3. The SMILES string of the molecule is CC(C)=CCNS(=O)(=O)c1ccc(F)c(C(=O)O)c1. The Labute approximate surface area is 110 Å². The van der Waals surface area contributed by atoms with Crippen molar-refractivity contribution < 1.29 is 22.7 Å². The fraction of sp³-hybridized carbons (Fsp3) is 0.250. The Bertz CT molecular complexity index is 619. The van der Waals surface area contributed by atoms with Crippen LogP contribution in [0.2, 0.25) is 0 Å². The van der Waals surface area contributed by atoms with Crippen molar-refractivity contribution in [3.8, 4) is 0 Å². The Morgan fingerprint density at radius 2 is 2.05 bits per heavy atom. The number of hydrogen-bond acceptors (Lipinski definition) is 3. The molecule has 0 amide bonds. The van der Waals surface area contributed by atoms with Gasteiger partial charge >= 0.3 is 5.97 Å². The number of hydrogen-bond donors (Lipinski definition) is 2. The summed E-state index contributed by atoms with van der Waals surface area (Å²) in [5.74, 6) is -2.49. The van der Waals surface area contributed by atoms with Gasteiger partial charge in [-0.2, -0.15) is 0 Å². The van der Waals surface area contributed by atoms with Crippen LogP contribution in [0.1, 0.15) is 24.2 Å². The van der Waals surface area contributed by atoms with Crippen molar-refractivity contribution in [2.75, 3.05) is 6.54 Å². The molecule has 0 heterocycles. The molecule has 0 aliphatic rings. The first kappa shape index (κ1) is 15.3. The summed E-state index contributed by atoms with van der Waals surface area (Å²) < 4.78 is 39.1. The molecule has 1 rings (SSSR count). The second kappa shape index (κ2) is 5.94. The van der Waals surface area contributed by atoms with E-state index in [0.29, 0.717) is 0 Å². The van der Waals surface area contributed by atoms with E-state index in [1.807, 2.05) is 13.8 Å². The molecule has 0 aliphatic carbocycles. The van der Waals surface area contributed by atoms with Gasteiger partial charge in [0.2, 0.25) is 10.0 Å². The fourth-order valence-corrected chi connectivity index (χ4v) is 2.26. The second-order valence-electron chi connectivity index (χ2n) is 4.08. The number of rotatable bonds is 5. The van der Waals surface area contributed by atoms with Crippen molar-refractivity contribution >= 4 is 16.0 Å². The molecule has 1 aromatic carbocycles. The van der Waals surface area contributed by atoms with E-state index in [-0.39, 0.29) is 11.4 Å². The van der Waals surface area contributed by atoms with E-state index in [2.05, 4.69) is 4.72 Å². The van der Waals surface area contributed by atoms with Crippen molar-refractivity contribution in [1.82, 2.24) is 4.72 Å². The highest BCUT2D eigenvalue weighted by Gasteiger charge is 2.18. The van der Waals surface area contributed by atoms with E-state index in [0.717, 1.165) is 23.8 Å². The average Bonchev–Trinajstić information content (AvgIpc) is 2.27. The van der Waals surface area contributed by atoms with Crippen molar-refractivity contribution in [2.45, 2.75) is 18.7 Å². The molecule has 19 heavy (non-hydrogen) atoms. The molecule has 0 fully saturated rings. The van der Waals surface area contributed by atoms with E-state index in [1.165, 1.54) is 0 Å². The van der Waals surface area contributed by atoms with Crippen molar-refractivity contribution in [3.63, 3.8) is 0 Å². The molecule has 104 valence electrons. The van der Waals surface area contributed by atoms with Crippen LogP contribution in [0.5, 0.6) is 0 Å². The third-order valence-corrected chi connectivity index (χ3v) is 3.68. The number of allylic oxidation sites excluding steroid dienone is 1. The number of carboxylic acid groups (broad SMARTS) is 1. The zero-order valence-electron chi connectivity index (χ0n) is 10.5. The monoisotopic (exact) mass is 287 g/mol. The van der Waals surface area contributed by atoms with E-state index in [4.69, 9.17) is 5.11 Å². The third kappa shape index (κ3) is 4.15. The maximum absolute atomic E-state index is 13.2. The standard InChI is InChI=1S/C12H14FNO4S/c1-8(2)5-6-14-19(17,18)9-3-4-11(13)10(7-9)12(15)16/h3-5,7,14H,6H2,1-2H3,(H,15,16). The molecule has 0 spiro atoms. The lowest BCUT2D eigenvalue weighted by molar-refractivity contribution is 0.0691. The molecule has 2 N–H and O–H groups in total. The maximum Gasteiger partial charge on any atom is 0.338 e. The first-order valence-electron chi connectivity index (χ1n) is 5.40. The molecule has 0 aliphatic heterocycles. The first-order valence-corrected chi connectivity index (χ1v) is 6.88. The van der Waals surface area contributed by atoms with E-state index < -0.39 is 27.4 Å². The van der Waals surface area contributed by atoms with E-state index in [1.54, 1.807) is 6.08 Å². The minimum absolute atomic E-state index is 0.0877. The lowest BCUT2D eigenvalue weighted by atomic mass is 10.2. The number of nitrogens with one attached hydrogen (secondary N) is 1. The van der Waals surface area contributed by atoms with Gasteiger partial charge in [-0.1, -0.05) is 11.6 Å². The van der Waals surface area contributed by atoms with E-state index >= 15 is 0 Å². The Balaban J connectivity index is 3.05. The molecular weight excluding hydrogens is 273 g/mol. The lowest BCUT2D eigenvalue weighted by Gasteiger charge is -2.06. The molecule has 0 aromatic heterocycles.